The fourth-order valence-corrected chi connectivity index (χ4v) is 3.16. The Morgan fingerprint density at radius 2 is 2.18 bits per heavy atom. The van der Waals surface area contributed by atoms with Crippen molar-refractivity contribution in [2.75, 3.05) is 53.0 Å². The minimum absolute atomic E-state index is 0. The number of likely N-dealkylation sites (tertiary alicyclic amines) is 2. The van der Waals surface area contributed by atoms with Gasteiger partial charge in [0.25, 0.3) is 0 Å². The molecule has 2 fully saturated rings. The van der Waals surface area contributed by atoms with Crippen molar-refractivity contribution in [2.45, 2.75) is 38.3 Å². The van der Waals surface area contributed by atoms with E-state index in [1.165, 1.54) is 12.8 Å². The number of rotatable bonds is 6. The number of nitrogens with one attached hydrogen (secondary N) is 1. The third kappa shape index (κ3) is 5.82. The number of ether oxygens (including phenoxy) is 1. The number of hydrogen-bond donors (Lipinski definition) is 2. The maximum Gasteiger partial charge on any atom is 0.194 e. The van der Waals surface area contributed by atoms with E-state index in [9.17, 15) is 5.11 Å². The molecular weight excluding hydrogens is 395 g/mol. The molecule has 2 aliphatic rings. The fourth-order valence-electron chi connectivity index (χ4n) is 3.16. The predicted molar refractivity (Wildman–Crippen MR) is 100 cm³/mol. The second-order valence-electron chi connectivity index (χ2n) is 5.91. The van der Waals surface area contributed by atoms with Gasteiger partial charge in [0.2, 0.25) is 0 Å². The highest BCUT2D eigenvalue weighted by atomic mass is 127. The van der Waals surface area contributed by atoms with Crippen LogP contribution in [0.5, 0.6) is 0 Å². The van der Waals surface area contributed by atoms with Gasteiger partial charge in [0.1, 0.15) is 0 Å². The lowest BCUT2D eigenvalue weighted by atomic mass is 10.2. The maximum atomic E-state index is 9.69. The van der Waals surface area contributed by atoms with Crippen LogP contribution in [0.1, 0.15) is 26.2 Å². The molecule has 0 aromatic heterocycles. The third-order valence-corrected chi connectivity index (χ3v) is 4.33. The predicted octanol–water partition coefficient (Wildman–Crippen LogP) is 0.747. The van der Waals surface area contributed by atoms with E-state index in [1.807, 2.05) is 0 Å². The number of guanidine groups is 1. The van der Waals surface area contributed by atoms with Gasteiger partial charge in [-0.15, -0.1) is 24.0 Å². The minimum atomic E-state index is -0.210. The Labute approximate surface area is 151 Å². The average molecular weight is 426 g/mol. The fraction of sp³-hybridized carbons (Fsp3) is 0.933. The molecule has 2 heterocycles. The Morgan fingerprint density at radius 1 is 1.36 bits per heavy atom. The lowest BCUT2D eigenvalue weighted by Crippen LogP contribution is -2.42. The van der Waals surface area contributed by atoms with Gasteiger partial charge < -0.3 is 20.1 Å². The normalized spacial score (nSPS) is 26.3. The van der Waals surface area contributed by atoms with Crippen molar-refractivity contribution in [1.29, 1.82) is 0 Å². The summed E-state index contributed by atoms with van der Waals surface area (Å²) in [5, 5.41) is 13.0. The molecule has 2 saturated heterocycles. The van der Waals surface area contributed by atoms with Crippen LogP contribution in [0.15, 0.2) is 4.99 Å². The first-order valence-corrected chi connectivity index (χ1v) is 8.19. The molecule has 2 rings (SSSR count). The van der Waals surface area contributed by atoms with E-state index in [1.54, 1.807) is 7.11 Å². The SMILES string of the molecule is CCNC(=NCC1CCCN1CCOC)N1CC[C@@H](O)C1.I. The molecule has 0 amide bonds. The van der Waals surface area contributed by atoms with E-state index in [4.69, 9.17) is 9.73 Å². The molecule has 2 aliphatic heterocycles. The zero-order chi connectivity index (χ0) is 15.1. The highest BCUT2D eigenvalue weighted by Gasteiger charge is 2.26. The number of β-amino-alcohol motifs (C(OH)–C–C–N with tert-alkyl or cyclic N) is 1. The number of methoxy groups -OCH3 is 1. The molecule has 0 aromatic rings. The molecular formula is C15H31IN4O2. The van der Waals surface area contributed by atoms with Gasteiger partial charge in [-0.05, 0) is 32.7 Å². The monoisotopic (exact) mass is 426 g/mol. The molecule has 22 heavy (non-hydrogen) atoms. The average Bonchev–Trinajstić information content (AvgIpc) is 3.10. The van der Waals surface area contributed by atoms with Crippen molar-refractivity contribution in [2.24, 2.45) is 4.99 Å². The van der Waals surface area contributed by atoms with Crippen LogP contribution < -0.4 is 5.32 Å². The lowest BCUT2D eigenvalue weighted by molar-refractivity contribution is 0.142. The molecule has 0 spiro atoms. The Kier molecular flexibility index (Phi) is 9.62. The van der Waals surface area contributed by atoms with Crippen LogP contribution in [0.25, 0.3) is 0 Å². The molecule has 2 N–H and O–H groups in total. The Bertz CT molecular complexity index is 344. The molecule has 0 radical (unpaired) electrons. The smallest absolute Gasteiger partial charge is 0.194 e. The van der Waals surface area contributed by atoms with Crippen LogP contribution in [0.3, 0.4) is 0 Å². The van der Waals surface area contributed by atoms with Gasteiger partial charge in [-0.25, -0.2) is 0 Å². The van der Waals surface area contributed by atoms with Crippen LogP contribution in [-0.4, -0.2) is 86.0 Å². The number of hydrogen-bond acceptors (Lipinski definition) is 4. The molecule has 1 unspecified atom stereocenters. The van der Waals surface area contributed by atoms with Crippen LogP contribution in [0, 0.1) is 0 Å². The number of aliphatic hydroxyl groups excluding tert-OH is 1. The second kappa shape index (κ2) is 10.6. The van der Waals surface area contributed by atoms with Crippen molar-refractivity contribution < 1.29 is 9.84 Å². The summed E-state index contributed by atoms with van der Waals surface area (Å²) in [6.07, 6.45) is 3.10. The van der Waals surface area contributed by atoms with Gasteiger partial charge in [0, 0.05) is 39.3 Å². The van der Waals surface area contributed by atoms with Crippen molar-refractivity contribution in [3.8, 4) is 0 Å². The summed E-state index contributed by atoms with van der Waals surface area (Å²) in [6, 6.07) is 0.529. The molecule has 0 aromatic carbocycles. The highest BCUT2D eigenvalue weighted by Crippen LogP contribution is 2.17. The van der Waals surface area contributed by atoms with Gasteiger partial charge in [-0.2, -0.15) is 0 Å². The molecule has 0 aliphatic carbocycles. The van der Waals surface area contributed by atoms with E-state index >= 15 is 0 Å². The van der Waals surface area contributed by atoms with E-state index in [0.29, 0.717) is 12.6 Å². The molecule has 0 bridgehead atoms. The standard InChI is InChI=1S/C15H30N4O2.HI/c1-3-16-15(19-8-6-14(20)12-19)17-11-13-5-4-7-18(13)9-10-21-2;/h13-14,20H,3-12H2,1-2H3,(H,16,17);1H/t13?,14-;/m1./s1. The second-order valence-corrected chi connectivity index (χ2v) is 5.91. The van der Waals surface area contributed by atoms with E-state index in [2.05, 4.69) is 22.0 Å². The largest absolute Gasteiger partial charge is 0.391 e. The van der Waals surface area contributed by atoms with Crippen LogP contribution in [0.4, 0.5) is 0 Å². The summed E-state index contributed by atoms with van der Waals surface area (Å²) in [4.78, 5) is 9.46. The van der Waals surface area contributed by atoms with E-state index < -0.39 is 0 Å². The maximum absolute atomic E-state index is 9.69. The Morgan fingerprint density at radius 3 is 2.82 bits per heavy atom. The van der Waals surface area contributed by atoms with Gasteiger partial charge in [0.15, 0.2) is 5.96 Å². The number of halogens is 1. The Balaban J connectivity index is 0.00000242. The topological polar surface area (TPSA) is 60.3 Å². The molecule has 0 saturated carbocycles. The van der Waals surface area contributed by atoms with Gasteiger partial charge in [0.05, 0.1) is 19.3 Å². The highest BCUT2D eigenvalue weighted by molar-refractivity contribution is 14.0. The molecule has 2 atom stereocenters. The van der Waals surface area contributed by atoms with Crippen LogP contribution >= 0.6 is 24.0 Å². The summed E-state index contributed by atoms with van der Waals surface area (Å²) in [5.41, 5.74) is 0. The van der Waals surface area contributed by atoms with Gasteiger partial charge in [-0.1, -0.05) is 0 Å². The summed E-state index contributed by atoms with van der Waals surface area (Å²) in [6.45, 7) is 8.32. The number of nitrogens with zero attached hydrogens (tertiary/aromatic N) is 3. The Hall–Kier alpha value is -0.120. The minimum Gasteiger partial charge on any atom is -0.391 e. The summed E-state index contributed by atoms with van der Waals surface area (Å²) in [7, 11) is 1.76. The van der Waals surface area contributed by atoms with E-state index in [-0.39, 0.29) is 30.1 Å². The van der Waals surface area contributed by atoms with Crippen molar-refractivity contribution in [3.63, 3.8) is 0 Å². The van der Waals surface area contributed by atoms with Crippen molar-refractivity contribution >= 4 is 29.9 Å². The van der Waals surface area contributed by atoms with Crippen LogP contribution in [-0.2, 0) is 4.74 Å². The number of aliphatic imine (C=N–C) groups is 1. The first-order chi connectivity index (χ1) is 10.2. The van der Waals surface area contributed by atoms with Gasteiger partial charge in [-0.3, -0.25) is 9.89 Å². The number of aliphatic hydroxyl groups is 1. The zero-order valence-corrected chi connectivity index (χ0v) is 16.2. The zero-order valence-electron chi connectivity index (χ0n) is 13.8. The molecule has 7 heteroatoms. The lowest BCUT2D eigenvalue weighted by Gasteiger charge is -2.25. The van der Waals surface area contributed by atoms with Gasteiger partial charge >= 0.3 is 0 Å². The van der Waals surface area contributed by atoms with Crippen molar-refractivity contribution in [1.82, 2.24) is 15.1 Å². The van der Waals surface area contributed by atoms with Crippen LogP contribution in [0.2, 0.25) is 0 Å². The van der Waals surface area contributed by atoms with Crippen molar-refractivity contribution in [3.05, 3.63) is 0 Å². The third-order valence-electron chi connectivity index (χ3n) is 4.33. The summed E-state index contributed by atoms with van der Waals surface area (Å²) < 4.78 is 5.18. The molecule has 6 nitrogen and oxygen atoms in total. The first kappa shape index (κ1) is 19.9. The first-order valence-electron chi connectivity index (χ1n) is 8.19. The summed E-state index contributed by atoms with van der Waals surface area (Å²) >= 11 is 0. The quantitative estimate of drug-likeness (QED) is 0.373. The molecule has 130 valence electrons. The van der Waals surface area contributed by atoms with E-state index in [0.717, 1.165) is 51.7 Å². The summed E-state index contributed by atoms with van der Waals surface area (Å²) in [5.74, 6) is 0.952.